The summed E-state index contributed by atoms with van der Waals surface area (Å²) in [6.45, 7) is 4.59. The first-order valence-electron chi connectivity index (χ1n) is 12.1. The Hall–Kier alpha value is -3.51. The number of β-lactam (4-membered cyclic amide) rings is 1. The van der Waals surface area contributed by atoms with E-state index in [1.165, 1.54) is 35.9 Å². The van der Waals surface area contributed by atoms with E-state index >= 15 is 0 Å². The van der Waals surface area contributed by atoms with Crippen molar-refractivity contribution in [2.45, 2.75) is 44.3 Å². The van der Waals surface area contributed by atoms with Crippen LogP contribution in [0.2, 0.25) is 0 Å². The molecule has 1 fully saturated rings. The van der Waals surface area contributed by atoms with E-state index in [1.54, 1.807) is 16.9 Å². The predicted octanol–water partition coefficient (Wildman–Crippen LogP) is -2.89. The molecule has 2 aliphatic rings. The van der Waals surface area contributed by atoms with Crippen LogP contribution in [0.3, 0.4) is 0 Å². The number of aromatic nitrogens is 4. The largest absolute Gasteiger partial charge is 1.00 e. The van der Waals surface area contributed by atoms with E-state index in [9.17, 15) is 29.4 Å². The fraction of sp³-hybridized carbons (Fsp3) is 0.333. The van der Waals surface area contributed by atoms with Gasteiger partial charge in [-0.1, -0.05) is 10.3 Å². The van der Waals surface area contributed by atoms with Gasteiger partial charge < -0.3 is 27.5 Å². The molecule has 5 heterocycles. The van der Waals surface area contributed by atoms with E-state index in [1.807, 2.05) is 23.6 Å². The van der Waals surface area contributed by atoms with Gasteiger partial charge in [0.05, 0.1) is 5.69 Å². The number of nitrogen functional groups attached to an aromatic ring is 1. The van der Waals surface area contributed by atoms with E-state index in [-0.39, 0.29) is 59.8 Å². The fourth-order valence-corrected chi connectivity index (χ4v) is 6.12. The number of hydrogen-bond acceptors (Lipinski definition) is 11. The first-order chi connectivity index (χ1) is 19.4. The number of anilines is 1. The molecule has 2 aliphatic heterocycles. The van der Waals surface area contributed by atoms with Crippen molar-refractivity contribution in [3.63, 3.8) is 0 Å². The summed E-state index contributed by atoms with van der Waals surface area (Å²) < 4.78 is 3.53. The molecule has 5 N–H and O–H groups in total. The number of imidazole rings is 1. The Morgan fingerprint density at radius 1 is 1.33 bits per heavy atom. The number of aliphatic carboxylic acids is 2. The van der Waals surface area contributed by atoms with Crippen LogP contribution in [0.15, 0.2) is 46.3 Å². The third-order valence-electron chi connectivity index (χ3n) is 6.41. The molecule has 3 aromatic rings. The van der Waals surface area contributed by atoms with Gasteiger partial charge in [-0.3, -0.25) is 14.5 Å². The molecule has 0 aromatic carbocycles. The van der Waals surface area contributed by atoms with Crippen LogP contribution in [0.1, 0.15) is 26.7 Å². The Morgan fingerprint density at radius 2 is 2.07 bits per heavy atom. The van der Waals surface area contributed by atoms with Crippen LogP contribution in [-0.4, -0.2) is 81.9 Å². The average molecular weight is 626 g/mol. The van der Waals surface area contributed by atoms with Crippen LogP contribution in [0.25, 0.3) is 5.65 Å². The van der Waals surface area contributed by atoms with Crippen LogP contribution < -0.4 is 45.2 Å². The number of carbonyl (C=O) groups is 4. The first-order valence-corrected chi connectivity index (χ1v) is 14.1. The predicted molar refractivity (Wildman–Crippen MR) is 147 cm³/mol. The number of carbonyl (C=O) groups excluding carboxylic acids is 2. The van der Waals surface area contributed by atoms with Crippen molar-refractivity contribution in [3.8, 4) is 0 Å². The molecular formula is C24H26N8NaO7S2+. The molecule has 0 aliphatic carbocycles. The topological polar surface area (TPSA) is 206 Å². The van der Waals surface area contributed by atoms with Gasteiger partial charge in [-0.2, -0.15) is 0 Å². The van der Waals surface area contributed by atoms with E-state index in [0.717, 1.165) is 22.7 Å². The number of rotatable bonds is 9. The van der Waals surface area contributed by atoms with Gasteiger partial charge >= 0.3 is 47.1 Å². The zero-order valence-electron chi connectivity index (χ0n) is 24.0. The number of carboxylic acids is 2. The summed E-state index contributed by atoms with van der Waals surface area (Å²) in [5.74, 6) is -3.75. The summed E-state index contributed by atoms with van der Waals surface area (Å²) in [7, 11) is 0. The van der Waals surface area contributed by atoms with Crippen LogP contribution in [-0.2, 0) is 30.6 Å². The van der Waals surface area contributed by atoms with E-state index in [2.05, 4.69) is 20.6 Å². The normalized spacial score (nSPS) is 18.7. The van der Waals surface area contributed by atoms with Crippen LogP contribution in [0.4, 0.5) is 5.13 Å². The van der Waals surface area contributed by atoms with Crippen molar-refractivity contribution < 1.29 is 69.8 Å². The Bertz CT molecular complexity index is 1670. The third-order valence-corrected chi connectivity index (χ3v) is 8.43. The van der Waals surface area contributed by atoms with Crippen molar-refractivity contribution in [1.82, 2.24) is 24.8 Å². The fourth-order valence-electron chi connectivity index (χ4n) is 4.24. The summed E-state index contributed by atoms with van der Waals surface area (Å²) >= 11 is 2.34. The quantitative estimate of drug-likeness (QED) is 0.0624. The van der Waals surface area contributed by atoms with Crippen LogP contribution >= 0.6 is 23.1 Å². The standard InChI is InChI=1S/C24H24N8O7S2.Na.H/c1-11-4-5-14-30(6-7-31(14)28-11)8-12-9-40-20-16(19(34)32(20)17(12)21(35)36)27-18(33)15(13-10-41-23(25)26-13)29-39-24(2,3)22(37)38;;/h4-7,10,16,20H,8-9H2,1-3H3,(H4-,25,26,27,33,35,36,37,38);;/q;+1;-1/p+1/b29-15-;;/t16-,20-;;/m1../s1. The molecule has 42 heavy (non-hydrogen) atoms. The maximum Gasteiger partial charge on any atom is 1.00 e. The number of hydrogen-bond donors (Lipinski definition) is 4. The molecule has 0 unspecified atom stereocenters. The number of nitrogens with two attached hydrogens (primary N) is 1. The molecular weight excluding hydrogens is 599 g/mol. The Morgan fingerprint density at radius 3 is 2.71 bits per heavy atom. The van der Waals surface area contributed by atoms with Gasteiger partial charge in [0, 0.05) is 22.8 Å². The average Bonchev–Trinajstić information content (AvgIpc) is 3.52. The molecule has 0 radical (unpaired) electrons. The smallest absolute Gasteiger partial charge is 1.00 e. The van der Waals surface area contributed by atoms with Gasteiger partial charge in [-0.05, 0) is 26.8 Å². The summed E-state index contributed by atoms with van der Waals surface area (Å²) in [4.78, 5) is 60.5. The number of fused-ring (bicyclic) bond motifs is 2. The molecule has 3 aromatic heterocycles. The number of oxime groups is 1. The van der Waals surface area contributed by atoms with Gasteiger partial charge in [0.15, 0.2) is 17.0 Å². The molecule has 1 saturated heterocycles. The van der Waals surface area contributed by atoms with Crippen molar-refractivity contribution >= 4 is 63.3 Å². The van der Waals surface area contributed by atoms with E-state index < -0.39 is 40.8 Å². The molecule has 2 amide bonds. The van der Waals surface area contributed by atoms with Crippen molar-refractivity contribution in [2.75, 3.05) is 11.5 Å². The molecule has 5 rings (SSSR count). The monoisotopic (exact) mass is 625 g/mol. The molecule has 2 atom stereocenters. The van der Waals surface area contributed by atoms with Gasteiger partial charge in [-0.25, -0.2) is 19.1 Å². The van der Waals surface area contributed by atoms with Gasteiger partial charge in [0.25, 0.3) is 11.8 Å². The van der Waals surface area contributed by atoms with Crippen molar-refractivity contribution in [1.29, 1.82) is 0 Å². The van der Waals surface area contributed by atoms with Crippen LogP contribution in [0, 0.1) is 6.92 Å². The Labute approximate surface area is 270 Å². The Balaban J connectivity index is 0.00000253. The van der Waals surface area contributed by atoms with Crippen LogP contribution in [0.5, 0.6) is 0 Å². The zero-order chi connectivity index (χ0) is 29.6. The molecule has 0 spiro atoms. The molecule has 15 nitrogen and oxygen atoms in total. The summed E-state index contributed by atoms with van der Waals surface area (Å²) in [5, 5.41) is 31.0. The zero-order valence-corrected chi connectivity index (χ0v) is 26.6. The van der Waals surface area contributed by atoms with E-state index in [4.69, 9.17) is 10.6 Å². The number of aryl methyl sites for hydroxylation is 1. The van der Waals surface area contributed by atoms with Gasteiger partial charge in [0.2, 0.25) is 5.60 Å². The van der Waals surface area contributed by atoms with Gasteiger partial charge in [-0.15, -0.1) is 27.6 Å². The Kier molecular flexibility index (Phi) is 8.98. The summed E-state index contributed by atoms with van der Waals surface area (Å²) in [6.07, 6.45) is 3.55. The second kappa shape index (κ2) is 12.0. The molecule has 216 valence electrons. The molecule has 18 heteroatoms. The molecule has 0 bridgehead atoms. The number of thioether (sulfide) groups is 1. The minimum Gasteiger partial charge on any atom is -1.00 e. The maximum atomic E-state index is 13.2. The van der Waals surface area contributed by atoms with Gasteiger partial charge in [0.1, 0.15) is 35.5 Å². The minimum atomic E-state index is -1.76. The second-order valence-electron chi connectivity index (χ2n) is 9.74. The second-order valence-corrected chi connectivity index (χ2v) is 11.7. The minimum absolute atomic E-state index is 0. The third kappa shape index (κ3) is 5.87. The first kappa shape index (κ1) is 31.4. The van der Waals surface area contributed by atoms with Crippen molar-refractivity contribution in [2.24, 2.45) is 5.16 Å². The number of carboxylic acid groups (broad SMARTS) is 2. The summed E-state index contributed by atoms with van der Waals surface area (Å²) in [5.41, 5.74) is 5.55. The number of thiazole rings is 1. The summed E-state index contributed by atoms with van der Waals surface area (Å²) in [6, 6.07) is 2.66. The number of nitrogens with one attached hydrogen (secondary N) is 1. The number of nitrogens with zero attached hydrogens (tertiary/aromatic N) is 6. The number of amides is 2. The van der Waals surface area contributed by atoms with Crippen molar-refractivity contribution in [3.05, 3.63) is 52.6 Å². The SMILES string of the molecule is Cc1ccc2n(cc[n+]2CC2=C(C(=O)O)N3C(=O)[C@@H](NC(=O)/C(=N\OC(C)(C)C(=O)O)c4csc(N)n4)[C@H]3SC2)n1.[H-].[Na+]. The molecule has 0 saturated carbocycles. The maximum absolute atomic E-state index is 13.2. The van der Waals surface area contributed by atoms with E-state index in [0.29, 0.717) is 11.3 Å².